The van der Waals surface area contributed by atoms with Crippen molar-refractivity contribution in [2.45, 2.75) is 20.3 Å². The smallest absolute Gasteiger partial charge is 0.147 e. The normalized spacial score (nSPS) is 14.1. The molecule has 7 aromatic carbocycles. The molecule has 0 aliphatic heterocycles. The standard InChI is InChI=1S/C55H38O2/c1-34-14-13-15-35(2)27-29-36(28-26-34)51-43-20-5-7-22-45(43)52(46-23-8-6-21-44(46)51)39-30-31-40(38-17-4-3-16-37(39)32-38)53-54-47(41-18-9-11-24-49(41)56-54)33-48-42-19-10-12-25-50(42)57-55(48)53/h3-31,33H,32H2,1-2H3. The molecule has 2 heterocycles. The number of furan rings is 2. The van der Waals surface area contributed by atoms with Crippen LogP contribution >= 0.6 is 0 Å². The Hall–Kier alpha value is -7.16. The summed E-state index contributed by atoms with van der Waals surface area (Å²) in [6.45, 7) is 4.31. The average molecular weight is 731 g/mol. The van der Waals surface area contributed by atoms with Gasteiger partial charge in [0.1, 0.15) is 22.3 Å². The van der Waals surface area contributed by atoms with Crippen LogP contribution in [0.15, 0.2) is 202 Å². The van der Waals surface area contributed by atoms with Gasteiger partial charge in [0.15, 0.2) is 0 Å². The highest BCUT2D eigenvalue weighted by Gasteiger charge is 2.27. The van der Waals surface area contributed by atoms with E-state index >= 15 is 0 Å². The quantitative estimate of drug-likeness (QED) is 0.169. The predicted molar refractivity (Wildman–Crippen MR) is 241 cm³/mol. The molecule has 270 valence electrons. The fourth-order valence-corrected chi connectivity index (χ4v) is 9.04. The van der Waals surface area contributed by atoms with Crippen molar-refractivity contribution in [3.05, 3.63) is 215 Å². The van der Waals surface area contributed by atoms with Crippen LogP contribution in [-0.4, -0.2) is 0 Å². The summed E-state index contributed by atoms with van der Waals surface area (Å²) in [6.07, 6.45) is 14.3. The zero-order valence-electron chi connectivity index (χ0n) is 31.8. The molecule has 2 aliphatic carbocycles. The number of hydrogen-bond acceptors (Lipinski definition) is 2. The third-order valence-corrected chi connectivity index (χ3v) is 11.7. The van der Waals surface area contributed by atoms with Crippen molar-refractivity contribution in [1.82, 2.24) is 0 Å². The van der Waals surface area contributed by atoms with Crippen molar-refractivity contribution in [2.75, 3.05) is 0 Å². The van der Waals surface area contributed by atoms with Crippen LogP contribution in [0.25, 0.3) is 87.7 Å². The molecule has 2 heteroatoms. The molecular formula is C55H38O2. The number of para-hydroxylation sites is 2. The lowest BCUT2D eigenvalue weighted by Gasteiger charge is -2.20. The summed E-state index contributed by atoms with van der Waals surface area (Å²) in [7, 11) is 0. The Bertz CT molecular complexity index is 3210. The average Bonchev–Trinajstić information content (AvgIpc) is 3.62. The molecule has 9 aromatic rings. The zero-order valence-corrected chi connectivity index (χ0v) is 31.8. The first-order valence-corrected chi connectivity index (χ1v) is 19.7. The molecule has 2 aromatic heterocycles. The second-order valence-electron chi connectivity index (χ2n) is 15.3. The Morgan fingerprint density at radius 2 is 0.807 bits per heavy atom. The summed E-state index contributed by atoms with van der Waals surface area (Å²) < 4.78 is 13.6. The first-order chi connectivity index (χ1) is 28.1. The Morgan fingerprint density at radius 3 is 1.32 bits per heavy atom. The van der Waals surface area contributed by atoms with Crippen molar-refractivity contribution < 1.29 is 8.83 Å². The van der Waals surface area contributed by atoms with Crippen LogP contribution in [0, 0.1) is 13.8 Å². The van der Waals surface area contributed by atoms with E-state index in [1.54, 1.807) is 0 Å². The van der Waals surface area contributed by atoms with Gasteiger partial charge in [0.05, 0.1) is 5.56 Å². The number of fused-ring (bicyclic) bond motifs is 10. The van der Waals surface area contributed by atoms with Crippen molar-refractivity contribution in [2.24, 2.45) is 0 Å². The molecule has 0 saturated carbocycles. The largest absolute Gasteiger partial charge is 0.455 e. The van der Waals surface area contributed by atoms with Crippen LogP contribution in [0.4, 0.5) is 0 Å². The van der Waals surface area contributed by atoms with E-state index in [9.17, 15) is 0 Å². The molecule has 57 heavy (non-hydrogen) atoms. The van der Waals surface area contributed by atoms with Crippen LogP contribution in [0.5, 0.6) is 0 Å². The van der Waals surface area contributed by atoms with E-state index in [0.29, 0.717) is 0 Å². The van der Waals surface area contributed by atoms with Crippen LogP contribution < -0.4 is 0 Å². The zero-order chi connectivity index (χ0) is 38.0. The van der Waals surface area contributed by atoms with E-state index in [-0.39, 0.29) is 0 Å². The predicted octanol–water partition coefficient (Wildman–Crippen LogP) is 15.5. The summed E-state index contributed by atoms with van der Waals surface area (Å²) in [6, 6.07) is 52.3. The van der Waals surface area contributed by atoms with Crippen molar-refractivity contribution in [1.29, 1.82) is 0 Å². The molecule has 0 fully saturated rings. The molecule has 0 amide bonds. The van der Waals surface area contributed by atoms with Gasteiger partial charge >= 0.3 is 0 Å². The van der Waals surface area contributed by atoms with Crippen LogP contribution in [0.2, 0.25) is 0 Å². The molecule has 0 N–H and O–H groups in total. The SMILES string of the molecule is Cc1cccc(C)ccc(-c2c3ccccc3c(C3=CC=C(c4c5oc6ccccc6c5cc5c4oc4ccccc45)C4=CC=CC=C3C4)c3ccccc23)cc1. The summed E-state index contributed by atoms with van der Waals surface area (Å²) in [5.74, 6) is 0. The number of rotatable bonds is 3. The topological polar surface area (TPSA) is 26.3 Å². The van der Waals surface area contributed by atoms with Crippen molar-refractivity contribution >= 4 is 76.6 Å². The maximum Gasteiger partial charge on any atom is 0.147 e. The van der Waals surface area contributed by atoms with Crippen LogP contribution in [-0.2, 0) is 0 Å². The van der Waals surface area contributed by atoms with Gasteiger partial charge in [-0.15, -0.1) is 0 Å². The Morgan fingerprint density at radius 1 is 0.368 bits per heavy atom. The summed E-state index contributed by atoms with van der Waals surface area (Å²) >= 11 is 0. The lowest BCUT2D eigenvalue weighted by Crippen LogP contribution is -1.97. The lowest BCUT2D eigenvalue weighted by atomic mass is 9.83. The first kappa shape index (κ1) is 33.2. The first-order valence-electron chi connectivity index (χ1n) is 19.7. The Kier molecular flexibility index (Phi) is 7.72. The van der Waals surface area contributed by atoms with Crippen molar-refractivity contribution in [3.63, 3.8) is 0 Å². The van der Waals surface area contributed by atoms with Gasteiger partial charge in [0.25, 0.3) is 0 Å². The van der Waals surface area contributed by atoms with E-state index in [1.807, 2.05) is 12.1 Å². The number of aryl methyl sites for hydroxylation is 2. The minimum Gasteiger partial charge on any atom is -0.455 e. The fraction of sp³-hybridized carbons (Fsp3) is 0.0545. The minimum atomic E-state index is 0.754. The Balaban J connectivity index is 1.22. The number of allylic oxidation sites excluding steroid dienone is 10. The van der Waals surface area contributed by atoms with Crippen molar-refractivity contribution in [3.8, 4) is 11.1 Å². The minimum absolute atomic E-state index is 0.754. The lowest BCUT2D eigenvalue weighted by molar-refractivity contribution is 0.654. The third-order valence-electron chi connectivity index (χ3n) is 11.7. The second-order valence-corrected chi connectivity index (χ2v) is 15.3. The molecule has 0 unspecified atom stereocenters. The van der Waals surface area contributed by atoms with Gasteiger partial charge in [-0.3, -0.25) is 0 Å². The second kappa shape index (κ2) is 13.3. The molecule has 0 spiro atoms. The summed E-state index contributed by atoms with van der Waals surface area (Å²) in [4.78, 5) is 0. The van der Waals surface area contributed by atoms with E-state index in [4.69, 9.17) is 8.83 Å². The molecule has 0 saturated heterocycles. The van der Waals surface area contributed by atoms with E-state index in [2.05, 4.69) is 184 Å². The third kappa shape index (κ3) is 5.40. The van der Waals surface area contributed by atoms with E-state index < -0.39 is 0 Å². The molecule has 11 rings (SSSR count). The number of benzene rings is 6. The molecular weight excluding hydrogens is 693 g/mol. The highest BCUT2D eigenvalue weighted by Crippen LogP contribution is 2.49. The number of hydrogen-bond donors (Lipinski definition) is 0. The van der Waals surface area contributed by atoms with Gasteiger partial charge in [-0.1, -0.05) is 175 Å². The van der Waals surface area contributed by atoms with Crippen LogP contribution in [0.3, 0.4) is 0 Å². The van der Waals surface area contributed by atoms with Gasteiger partial charge < -0.3 is 8.83 Å². The summed E-state index contributed by atoms with van der Waals surface area (Å²) in [5, 5.41) is 9.32. The highest BCUT2D eigenvalue weighted by atomic mass is 16.3. The van der Waals surface area contributed by atoms with Gasteiger partial charge in [0.2, 0.25) is 0 Å². The maximum atomic E-state index is 6.79. The monoisotopic (exact) mass is 730 g/mol. The molecule has 0 radical (unpaired) electrons. The van der Waals surface area contributed by atoms with E-state index in [1.165, 1.54) is 66.1 Å². The molecule has 2 nitrogen and oxygen atoms in total. The summed E-state index contributed by atoms with van der Waals surface area (Å²) in [5.41, 5.74) is 15.3. The highest BCUT2D eigenvalue weighted by molar-refractivity contribution is 6.23. The maximum absolute atomic E-state index is 6.79. The molecule has 2 aliphatic rings. The van der Waals surface area contributed by atoms with Gasteiger partial charge in [-0.25, -0.2) is 0 Å². The Labute approximate surface area is 331 Å². The van der Waals surface area contributed by atoms with Crippen LogP contribution in [0.1, 0.15) is 28.7 Å². The molecule has 0 atom stereocenters. The molecule has 2 bridgehead atoms. The van der Waals surface area contributed by atoms with Gasteiger partial charge in [-0.05, 0) is 99.0 Å². The van der Waals surface area contributed by atoms with Gasteiger partial charge in [-0.2, -0.15) is 0 Å². The fourth-order valence-electron chi connectivity index (χ4n) is 9.04. The van der Waals surface area contributed by atoms with Gasteiger partial charge in [0, 0.05) is 21.5 Å². The van der Waals surface area contributed by atoms with E-state index in [0.717, 1.165) is 61.4 Å².